The number of nitrogens with one attached hydrogen (secondary N) is 1. The molecule has 0 bridgehead atoms. The predicted octanol–water partition coefficient (Wildman–Crippen LogP) is 3.28. The number of benzene rings is 1. The highest BCUT2D eigenvalue weighted by Gasteiger charge is 2.18. The van der Waals surface area contributed by atoms with Crippen molar-refractivity contribution >= 4 is 28.7 Å². The molecule has 0 fully saturated rings. The van der Waals surface area contributed by atoms with Gasteiger partial charge in [0.15, 0.2) is 0 Å². The summed E-state index contributed by atoms with van der Waals surface area (Å²) in [4.78, 5) is 27.1. The zero-order valence-electron chi connectivity index (χ0n) is 12.0. The topological polar surface area (TPSA) is 88.5 Å². The van der Waals surface area contributed by atoms with Crippen molar-refractivity contribution in [2.45, 2.75) is 26.4 Å². The maximum atomic E-state index is 11.8. The molecule has 0 atom stereocenters. The minimum absolute atomic E-state index is 0.132. The zero-order valence-corrected chi connectivity index (χ0v) is 12.0. The SMILES string of the molecule is CC(C)(C)OC(=O)Nc1ccc(C(=O)O)c2cccnc12. The number of ether oxygens (including phenoxy) is 1. The third-order valence-electron chi connectivity index (χ3n) is 2.64. The molecule has 2 aromatic rings. The van der Waals surface area contributed by atoms with Gasteiger partial charge in [-0.15, -0.1) is 0 Å². The van der Waals surface area contributed by atoms with Crippen LogP contribution in [0.15, 0.2) is 30.5 Å². The van der Waals surface area contributed by atoms with Gasteiger partial charge in [0.1, 0.15) is 5.60 Å². The molecule has 1 amide bonds. The van der Waals surface area contributed by atoms with Crippen molar-refractivity contribution in [2.24, 2.45) is 0 Å². The number of anilines is 1. The van der Waals surface area contributed by atoms with Crippen LogP contribution in [0.5, 0.6) is 0 Å². The van der Waals surface area contributed by atoms with E-state index >= 15 is 0 Å². The largest absolute Gasteiger partial charge is 0.478 e. The lowest BCUT2D eigenvalue weighted by Gasteiger charge is -2.20. The van der Waals surface area contributed by atoms with Gasteiger partial charge in [-0.3, -0.25) is 10.3 Å². The summed E-state index contributed by atoms with van der Waals surface area (Å²) in [7, 11) is 0. The van der Waals surface area contributed by atoms with E-state index in [0.29, 0.717) is 16.6 Å². The summed E-state index contributed by atoms with van der Waals surface area (Å²) in [5.41, 5.74) is 0.329. The summed E-state index contributed by atoms with van der Waals surface area (Å²) < 4.78 is 5.17. The van der Waals surface area contributed by atoms with Crippen LogP contribution in [-0.2, 0) is 4.74 Å². The second kappa shape index (κ2) is 5.40. The molecule has 0 saturated carbocycles. The Hall–Kier alpha value is -2.63. The molecule has 0 saturated heterocycles. The highest BCUT2D eigenvalue weighted by molar-refractivity contribution is 6.08. The Labute approximate surface area is 121 Å². The Morgan fingerprint density at radius 1 is 1.24 bits per heavy atom. The summed E-state index contributed by atoms with van der Waals surface area (Å²) in [5, 5.41) is 12.2. The van der Waals surface area contributed by atoms with Crippen LogP contribution in [0.25, 0.3) is 10.9 Å². The number of nitrogens with zero attached hydrogens (tertiary/aromatic N) is 1. The molecular formula is C15H16N2O4. The number of rotatable bonds is 2. The first kappa shape index (κ1) is 14.8. The van der Waals surface area contributed by atoms with Crippen molar-refractivity contribution in [1.82, 2.24) is 4.98 Å². The number of amides is 1. The van der Waals surface area contributed by atoms with E-state index < -0.39 is 17.7 Å². The monoisotopic (exact) mass is 288 g/mol. The molecule has 2 rings (SSSR count). The molecule has 1 aromatic carbocycles. The molecule has 6 nitrogen and oxygen atoms in total. The van der Waals surface area contributed by atoms with Gasteiger partial charge in [-0.1, -0.05) is 6.07 Å². The van der Waals surface area contributed by atoms with Gasteiger partial charge in [0.05, 0.1) is 16.8 Å². The first-order valence-corrected chi connectivity index (χ1v) is 6.39. The van der Waals surface area contributed by atoms with E-state index in [-0.39, 0.29) is 5.56 Å². The lowest BCUT2D eigenvalue weighted by Crippen LogP contribution is -2.27. The van der Waals surface area contributed by atoms with Crippen LogP contribution >= 0.6 is 0 Å². The Kier molecular flexibility index (Phi) is 3.80. The molecule has 0 spiro atoms. The van der Waals surface area contributed by atoms with E-state index in [1.807, 2.05) is 0 Å². The first-order valence-electron chi connectivity index (χ1n) is 6.39. The number of pyridine rings is 1. The fourth-order valence-corrected chi connectivity index (χ4v) is 1.87. The molecule has 0 unspecified atom stereocenters. The van der Waals surface area contributed by atoms with Gasteiger partial charge < -0.3 is 9.84 Å². The quantitative estimate of drug-likeness (QED) is 0.885. The molecule has 2 N–H and O–H groups in total. The average Bonchev–Trinajstić information content (AvgIpc) is 2.36. The Balaban J connectivity index is 2.40. The Bertz CT molecular complexity index is 704. The predicted molar refractivity (Wildman–Crippen MR) is 78.6 cm³/mol. The van der Waals surface area contributed by atoms with Gasteiger partial charge in [-0.2, -0.15) is 0 Å². The second-order valence-corrected chi connectivity index (χ2v) is 5.49. The highest BCUT2D eigenvalue weighted by Crippen LogP contribution is 2.25. The third kappa shape index (κ3) is 3.47. The van der Waals surface area contributed by atoms with Gasteiger partial charge in [-0.05, 0) is 39.0 Å². The zero-order chi connectivity index (χ0) is 15.6. The third-order valence-corrected chi connectivity index (χ3v) is 2.64. The van der Waals surface area contributed by atoms with Crippen molar-refractivity contribution in [1.29, 1.82) is 0 Å². The standard InChI is InChI=1S/C15H16N2O4/c1-15(2,3)21-14(20)17-11-7-6-10(13(18)19)9-5-4-8-16-12(9)11/h4-8H,1-3H3,(H,17,20)(H,18,19). The smallest absolute Gasteiger partial charge is 0.412 e. The molecule has 0 aliphatic heterocycles. The Morgan fingerprint density at radius 2 is 1.95 bits per heavy atom. The van der Waals surface area contributed by atoms with Crippen molar-refractivity contribution in [3.63, 3.8) is 0 Å². The maximum Gasteiger partial charge on any atom is 0.412 e. The normalized spacial score (nSPS) is 11.2. The van der Waals surface area contributed by atoms with E-state index in [4.69, 9.17) is 9.84 Å². The number of hydrogen-bond acceptors (Lipinski definition) is 4. The van der Waals surface area contributed by atoms with Crippen molar-refractivity contribution in [3.05, 3.63) is 36.0 Å². The fraction of sp³-hybridized carbons (Fsp3) is 0.267. The summed E-state index contributed by atoms with van der Waals surface area (Å²) in [6.07, 6.45) is 0.923. The lowest BCUT2D eigenvalue weighted by atomic mass is 10.1. The first-order chi connectivity index (χ1) is 9.78. The minimum Gasteiger partial charge on any atom is -0.478 e. The molecule has 21 heavy (non-hydrogen) atoms. The summed E-state index contributed by atoms with van der Waals surface area (Å²) >= 11 is 0. The van der Waals surface area contributed by atoms with Gasteiger partial charge in [0.2, 0.25) is 0 Å². The maximum absolute atomic E-state index is 11.8. The van der Waals surface area contributed by atoms with Gasteiger partial charge >= 0.3 is 12.1 Å². The van der Waals surface area contributed by atoms with E-state index in [0.717, 1.165) is 0 Å². The van der Waals surface area contributed by atoms with Crippen molar-refractivity contribution in [2.75, 3.05) is 5.32 Å². The van der Waals surface area contributed by atoms with Crippen LogP contribution in [0.1, 0.15) is 31.1 Å². The number of carboxylic acid groups (broad SMARTS) is 1. The fourth-order valence-electron chi connectivity index (χ4n) is 1.87. The van der Waals surface area contributed by atoms with Gasteiger partial charge in [0.25, 0.3) is 0 Å². The molecule has 0 aliphatic rings. The van der Waals surface area contributed by atoms with Crippen LogP contribution in [-0.4, -0.2) is 27.8 Å². The summed E-state index contributed by atoms with van der Waals surface area (Å²) in [5.74, 6) is -1.04. The molecule has 0 aliphatic carbocycles. The van der Waals surface area contributed by atoms with E-state index in [9.17, 15) is 9.59 Å². The molecule has 110 valence electrons. The van der Waals surface area contributed by atoms with Crippen LogP contribution in [0.3, 0.4) is 0 Å². The van der Waals surface area contributed by atoms with Crippen LogP contribution in [0.4, 0.5) is 10.5 Å². The van der Waals surface area contributed by atoms with Crippen molar-refractivity contribution < 1.29 is 19.4 Å². The lowest BCUT2D eigenvalue weighted by molar-refractivity contribution is 0.0634. The van der Waals surface area contributed by atoms with Crippen molar-refractivity contribution in [3.8, 4) is 0 Å². The molecular weight excluding hydrogens is 272 g/mol. The second-order valence-electron chi connectivity index (χ2n) is 5.49. The van der Waals surface area contributed by atoms with E-state index in [1.54, 1.807) is 32.9 Å². The molecule has 1 heterocycles. The minimum atomic E-state index is -1.04. The van der Waals surface area contributed by atoms with Crippen LogP contribution in [0.2, 0.25) is 0 Å². The number of carbonyl (C=O) groups is 2. The van der Waals surface area contributed by atoms with E-state index in [2.05, 4.69) is 10.3 Å². The van der Waals surface area contributed by atoms with Crippen LogP contribution in [0, 0.1) is 0 Å². The number of carbonyl (C=O) groups excluding carboxylic acids is 1. The van der Waals surface area contributed by atoms with Gasteiger partial charge in [0, 0.05) is 11.6 Å². The summed E-state index contributed by atoms with van der Waals surface area (Å²) in [6.45, 7) is 5.28. The number of carboxylic acids is 1. The highest BCUT2D eigenvalue weighted by atomic mass is 16.6. The molecule has 1 aromatic heterocycles. The van der Waals surface area contributed by atoms with Crippen LogP contribution < -0.4 is 5.32 Å². The summed E-state index contributed by atoms with van der Waals surface area (Å²) in [6, 6.07) is 6.22. The number of hydrogen-bond donors (Lipinski definition) is 2. The van der Waals surface area contributed by atoms with Gasteiger partial charge in [-0.25, -0.2) is 9.59 Å². The Morgan fingerprint density at radius 3 is 2.57 bits per heavy atom. The average molecular weight is 288 g/mol. The molecule has 6 heteroatoms. The van der Waals surface area contributed by atoms with E-state index in [1.165, 1.54) is 18.3 Å². The molecule has 0 radical (unpaired) electrons. The number of aromatic nitrogens is 1. The number of aromatic carboxylic acids is 1. The number of fused-ring (bicyclic) bond motifs is 1.